The molecular weight excluding hydrogens is 332 g/mol. The molecule has 0 N–H and O–H groups in total. The highest BCUT2D eigenvalue weighted by atomic mass is 32.2. The summed E-state index contributed by atoms with van der Waals surface area (Å²) < 4.78 is 10.5. The molecule has 24 heavy (non-hydrogen) atoms. The van der Waals surface area contributed by atoms with E-state index < -0.39 is 17.1 Å². The third kappa shape index (κ3) is 3.48. The van der Waals surface area contributed by atoms with Gasteiger partial charge in [-0.25, -0.2) is 0 Å². The number of thioether (sulfide) groups is 1. The zero-order valence-corrected chi connectivity index (χ0v) is 14.1. The van der Waals surface area contributed by atoms with E-state index in [0.29, 0.717) is 5.76 Å². The molecule has 3 heterocycles. The van der Waals surface area contributed by atoms with Crippen molar-refractivity contribution in [1.29, 1.82) is 0 Å². The Kier molecular flexibility index (Phi) is 4.94. The first-order valence-corrected chi connectivity index (χ1v) is 8.66. The van der Waals surface area contributed by atoms with E-state index in [-0.39, 0.29) is 18.1 Å². The SMILES string of the molecule is CCOC(=O)CN1C(=O)S/C(=C\c2ccc(N3CCCC3)o2)C1=O. The summed E-state index contributed by atoms with van der Waals surface area (Å²) in [6.45, 7) is 3.43. The fourth-order valence-corrected chi connectivity index (χ4v) is 3.45. The predicted octanol–water partition coefficient (Wildman–Crippen LogP) is 2.48. The zero-order valence-electron chi connectivity index (χ0n) is 13.3. The molecule has 1 aromatic heterocycles. The Balaban J connectivity index is 1.70. The molecule has 2 saturated heterocycles. The van der Waals surface area contributed by atoms with Crippen molar-refractivity contribution in [3.63, 3.8) is 0 Å². The number of amides is 2. The second kappa shape index (κ2) is 7.12. The van der Waals surface area contributed by atoms with E-state index in [2.05, 4.69) is 4.90 Å². The van der Waals surface area contributed by atoms with Crippen LogP contribution in [0.15, 0.2) is 21.5 Å². The molecule has 0 unspecified atom stereocenters. The Morgan fingerprint density at radius 1 is 1.33 bits per heavy atom. The Hall–Kier alpha value is -2.22. The van der Waals surface area contributed by atoms with Crippen LogP contribution in [0.5, 0.6) is 0 Å². The van der Waals surface area contributed by atoms with Crippen molar-refractivity contribution in [3.8, 4) is 0 Å². The minimum absolute atomic E-state index is 0.205. The number of hydrogen-bond donors (Lipinski definition) is 0. The van der Waals surface area contributed by atoms with Crippen molar-refractivity contribution in [2.24, 2.45) is 0 Å². The Labute approximate surface area is 143 Å². The molecule has 0 spiro atoms. The lowest BCUT2D eigenvalue weighted by Gasteiger charge is -2.12. The van der Waals surface area contributed by atoms with Gasteiger partial charge in [-0.05, 0) is 37.6 Å². The molecule has 3 rings (SSSR count). The van der Waals surface area contributed by atoms with E-state index >= 15 is 0 Å². The van der Waals surface area contributed by atoms with Crippen LogP contribution in [0, 0.1) is 0 Å². The highest BCUT2D eigenvalue weighted by molar-refractivity contribution is 8.18. The van der Waals surface area contributed by atoms with Crippen molar-refractivity contribution in [2.45, 2.75) is 19.8 Å². The maximum absolute atomic E-state index is 12.3. The fraction of sp³-hybridized carbons (Fsp3) is 0.438. The summed E-state index contributed by atoms with van der Waals surface area (Å²) in [4.78, 5) is 39.0. The highest BCUT2D eigenvalue weighted by Crippen LogP contribution is 2.33. The summed E-state index contributed by atoms with van der Waals surface area (Å²) in [6, 6.07) is 3.63. The molecule has 7 nitrogen and oxygen atoms in total. The number of carbonyl (C=O) groups excluding carboxylic acids is 3. The van der Waals surface area contributed by atoms with Crippen LogP contribution >= 0.6 is 11.8 Å². The van der Waals surface area contributed by atoms with Gasteiger partial charge in [-0.2, -0.15) is 0 Å². The minimum Gasteiger partial charge on any atom is -0.465 e. The van der Waals surface area contributed by atoms with Gasteiger partial charge in [-0.1, -0.05) is 0 Å². The quantitative estimate of drug-likeness (QED) is 0.596. The first-order valence-electron chi connectivity index (χ1n) is 7.84. The highest BCUT2D eigenvalue weighted by Gasteiger charge is 2.36. The molecule has 0 bridgehead atoms. The Morgan fingerprint density at radius 2 is 2.08 bits per heavy atom. The number of hydrogen-bond acceptors (Lipinski definition) is 7. The van der Waals surface area contributed by atoms with Crippen molar-refractivity contribution in [2.75, 3.05) is 31.1 Å². The van der Waals surface area contributed by atoms with E-state index in [1.165, 1.54) is 6.08 Å². The number of anilines is 1. The number of ether oxygens (including phenoxy) is 1. The number of nitrogens with zero attached hydrogens (tertiary/aromatic N) is 2. The maximum atomic E-state index is 12.3. The molecule has 0 saturated carbocycles. The number of rotatable bonds is 5. The van der Waals surface area contributed by atoms with Crippen molar-refractivity contribution < 1.29 is 23.5 Å². The van der Waals surface area contributed by atoms with E-state index in [9.17, 15) is 14.4 Å². The summed E-state index contributed by atoms with van der Waals surface area (Å²) in [6.07, 6.45) is 3.82. The average molecular weight is 350 g/mol. The van der Waals surface area contributed by atoms with E-state index in [0.717, 1.165) is 48.5 Å². The smallest absolute Gasteiger partial charge is 0.326 e. The van der Waals surface area contributed by atoms with Crippen molar-refractivity contribution in [1.82, 2.24) is 4.90 Å². The Morgan fingerprint density at radius 3 is 2.79 bits per heavy atom. The number of carbonyl (C=O) groups is 3. The Bertz CT molecular complexity index is 690. The molecule has 8 heteroatoms. The average Bonchev–Trinajstić information content (AvgIpc) is 3.26. The molecule has 0 aromatic carbocycles. The van der Waals surface area contributed by atoms with Gasteiger partial charge in [0.15, 0.2) is 5.88 Å². The van der Waals surface area contributed by atoms with Crippen LogP contribution in [0.2, 0.25) is 0 Å². The van der Waals surface area contributed by atoms with Gasteiger partial charge >= 0.3 is 5.97 Å². The van der Waals surface area contributed by atoms with Crippen LogP contribution in [0.3, 0.4) is 0 Å². The number of esters is 1. The van der Waals surface area contributed by atoms with E-state index in [1.807, 2.05) is 6.07 Å². The lowest BCUT2D eigenvalue weighted by atomic mass is 10.3. The molecule has 0 aliphatic carbocycles. The molecule has 0 atom stereocenters. The predicted molar refractivity (Wildman–Crippen MR) is 89.5 cm³/mol. The largest absolute Gasteiger partial charge is 0.465 e. The molecule has 2 amide bonds. The monoisotopic (exact) mass is 350 g/mol. The molecule has 128 valence electrons. The van der Waals surface area contributed by atoms with Gasteiger partial charge in [0.25, 0.3) is 11.1 Å². The van der Waals surface area contributed by atoms with Gasteiger partial charge in [-0.15, -0.1) is 0 Å². The van der Waals surface area contributed by atoms with Gasteiger partial charge in [-0.3, -0.25) is 19.3 Å². The number of imide groups is 1. The third-order valence-corrected chi connectivity index (χ3v) is 4.68. The molecule has 2 aliphatic rings. The van der Waals surface area contributed by atoms with Crippen molar-refractivity contribution in [3.05, 3.63) is 22.8 Å². The normalized spacial score (nSPS) is 19.6. The first kappa shape index (κ1) is 16.6. The standard InChI is InChI=1S/C16H18N2O5S/c1-2-22-14(19)10-18-15(20)12(24-16(18)21)9-11-5-6-13(23-11)17-7-3-4-8-17/h5-6,9H,2-4,7-8,10H2,1H3/b12-9-. The van der Waals surface area contributed by atoms with Crippen LogP contribution in [0.4, 0.5) is 10.7 Å². The molecule has 0 radical (unpaired) electrons. The second-order valence-electron chi connectivity index (χ2n) is 5.44. The third-order valence-electron chi connectivity index (χ3n) is 3.77. The van der Waals surface area contributed by atoms with Crippen LogP contribution < -0.4 is 4.90 Å². The van der Waals surface area contributed by atoms with Gasteiger partial charge in [0.2, 0.25) is 0 Å². The molecule has 2 aliphatic heterocycles. The molecule has 2 fully saturated rings. The summed E-state index contributed by atoms with van der Waals surface area (Å²) in [5, 5.41) is -0.481. The molecular formula is C16H18N2O5S. The summed E-state index contributed by atoms with van der Waals surface area (Å²) >= 11 is 0.795. The zero-order chi connectivity index (χ0) is 17.1. The summed E-state index contributed by atoms with van der Waals surface area (Å²) in [5.74, 6) is 0.176. The van der Waals surface area contributed by atoms with E-state index in [4.69, 9.17) is 9.15 Å². The lowest BCUT2D eigenvalue weighted by molar-refractivity contribution is -0.145. The van der Waals surface area contributed by atoms with Crippen LogP contribution in [0.25, 0.3) is 6.08 Å². The van der Waals surface area contributed by atoms with Crippen molar-refractivity contribution >= 4 is 40.8 Å². The lowest BCUT2D eigenvalue weighted by Crippen LogP contribution is -2.34. The molecule has 1 aromatic rings. The minimum atomic E-state index is -0.602. The van der Waals surface area contributed by atoms with Crippen LogP contribution in [0.1, 0.15) is 25.5 Å². The number of furan rings is 1. The first-order chi connectivity index (χ1) is 11.6. The van der Waals surface area contributed by atoms with Crippen LogP contribution in [-0.4, -0.2) is 48.3 Å². The van der Waals surface area contributed by atoms with Crippen LogP contribution in [-0.2, 0) is 14.3 Å². The van der Waals surface area contributed by atoms with Gasteiger partial charge in [0, 0.05) is 25.2 Å². The van der Waals surface area contributed by atoms with Gasteiger partial charge < -0.3 is 14.1 Å². The fourth-order valence-electron chi connectivity index (χ4n) is 2.63. The summed E-state index contributed by atoms with van der Waals surface area (Å²) in [7, 11) is 0. The topological polar surface area (TPSA) is 80.1 Å². The second-order valence-corrected chi connectivity index (χ2v) is 6.44. The maximum Gasteiger partial charge on any atom is 0.326 e. The summed E-state index contributed by atoms with van der Waals surface area (Å²) in [5.41, 5.74) is 0. The van der Waals surface area contributed by atoms with E-state index in [1.54, 1.807) is 13.0 Å². The van der Waals surface area contributed by atoms with Gasteiger partial charge in [0.05, 0.1) is 11.5 Å². The van der Waals surface area contributed by atoms with Gasteiger partial charge in [0.1, 0.15) is 12.3 Å².